The van der Waals surface area contributed by atoms with Gasteiger partial charge in [0, 0.05) is 5.69 Å². The molecule has 1 aromatic carbocycles. The Kier molecular flexibility index (Phi) is 4.77. The monoisotopic (exact) mass is 305 g/mol. The van der Waals surface area contributed by atoms with Crippen molar-refractivity contribution in [3.8, 4) is 0 Å². The normalized spacial score (nSPS) is 16.6. The number of rotatable bonds is 3. The maximum atomic E-state index is 11.7. The molecule has 0 saturated heterocycles. The zero-order chi connectivity index (χ0) is 16.2. The van der Waals surface area contributed by atoms with E-state index in [-0.39, 0.29) is 0 Å². The smallest absolute Gasteiger partial charge is 0.323 e. The van der Waals surface area contributed by atoms with Crippen LogP contribution in [0.3, 0.4) is 0 Å². The largest absolute Gasteiger partial charge is 0.481 e. The van der Waals surface area contributed by atoms with E-state index < -0.39 is 23.2 Å². The van der Waals surface area contributed by atoms with Gasteiger partial charge < -0.3 is 10.4 Å². The van der Waals surface area contributed by atoms with Crippen molar-refractivity contribution in [3.63, 3.8) is 0 Å². The van der Waals surface area contributed by atoms with Crippen molar-refractivity contribution in [3.05, 3.63) is 29.8 Å². The molecule has 0 atom stereocenters. The third kappa shape index (κ3) is 3.09. The maximum Gasteiger partial charge on any atom is 0.323 e. The lowest BCUT2D eigenvalue weighted by Gasteiger charge is -2.33. The molecular formula is C15H19N3O4. The Bertz CT molecular complexity index is 577. The van der Waals surface area contributed by atoms with Gasteiger partial charge in [-0.1, -0.05) is 31.4 Å². The fourth-order valence-corrected chi connectivity index (χ4v) is 2.91. The molecule has 7 nitrogen and oxygen atoms in total. The number of hydrogen-bond donors (Lipinski definition) is 4. The molecule has 0 aliphatic heterocycles. The van der Waals surface area contributed by atoms with E-state index >= 15 is 0 Å². The summed E-state index contributed by atoms with van der Waals surface area (Å²) in [5, 5.41) is 12.0. The van der Waals surface area contributed by atoms with Gasteiger partial charge in [0.15, 0.2) is 0 Å². The zero-order valence-electron chi connectivity index (χ0n) is 12.1. The minimum atomic E-state index is -0.946. The fourth-order valence-electron chi connectivity index (χ4n) is 2.91. The van der Waals surface area contributed by atoms with Crippen LogP contribution in [0.1, 0.15) is 37.7 Å². The fraction of sp³-hybridized carbons (Fsp3) is 0.400. The van der Waals surface area contributed by atoms with Crippen LogP contribution in [0.4, 0.5) is 5.69 Å². The number of benzene rings is 1. The van der Waals surface area contributed by atoms with E-state index in [4.69, 9.17) is 5.84 Å². The minimum absolute atomic E-state index is 0.411. The molecular weight excluding hydrogens is 286 g/mol. The first kappa shape index (κ1) is 16.0. The third-order valence-corrected chi connectivity index (χ3v) is 4.15. The van der Waals surface area contributed by atoms with Crippen LogP contribution in [0.2, 0.25) is 0 Å². The lowest BCUT2D eigenvalue weighted by molar-refractivity contribution is -0.145. The van der Waals surface area contributed by atoms with Gasteiger partial charge >= 0.3 is 17.8 Å². The van der Waals surface area contributed by atoms with Gasteiger partial charge in [-0.15, -0.1) is 0 Å². The molecule has 0 spiro atoms. The Morgan fingerprint density at radius 3 is 2.09 bits per heavy atom. The van der Waals surface area contributed by atoms with Crippen molar-refractivity contribution in [1.29, 1.82) is 0 Å². The van der Waals surface area contributed by atoms with Crippen LogP contribution in [0.5, 0.6) is 0 Å². The molecule has 0 radical (unpaired) electrons. The number of nitrogens with two attached hydrogens (primary N) is 1. The first-order valence-corrected chi connectivity index (χ1v) is 7.15. The van der Waals surface area contributed by atoms with Crippen molar-refractivity contribution >= 4 is 23.5 Å². The summed E-state index contributed by atoms with van der Waals surface area (Å²) in [5.74, 6) is 2.24. The van der Waals surface area contributed by atoms with Crippen molar-refractivity contribution in [2.45, 2.75) is 37.5 Å². The number of amides is 2. The second-order valence-corrected chi connectivity index (χ2v) is 5.45. The summed E-state index contributed by atoms with van der Waals surface area (Å²) in [6.45, 7) is 0. The van der Waals surface area contributed by atoms with Crippen LogP contribution in [0.15, 0.2) is 24.3 Å². The lowest BCUT2D eigenvalue weighted by atomic mass is 9.69. The van der Waals surface area contributed by atoms with Crippen LogP contribution >= 0.6 is 0 Å². The van der Waals surface area contributed by atoms with E-state index in [2.05, 4.69) is 5.32 Å². The highest BCUT2D eigenvalue weighted by Gasteiger charge is 2.41. The molecule has 0 unspecified atom stereocenters. The Morgan fingerprint density at radius 1 is 1.00 bits per heavy atom. The van der Waals surface area contributed by atoms with Crippen LogP contribution in [-0.2, 0) is 19.8 Å². The number of anilines is 1. The first-order valence-electron chi connectivity index (χ1n) is 7.15. The summed E-state index contributed by atoms with van der Waals surface area (Å²) in [7, 11) is 0. The number of hydrazine groups is 1. The van der Waals surface area contributed by atoms with Crippen LogP contribution in [0.25, 0.3) is 0 Å². The quantitative estimate of drug-likeness (QED) is 0.286. The van der Waals surface area contributed by atoms with Gasteiger partial charge in [0.1, 0.15) is 0 Å². The molecule has 2 rings (SSSR count). The summed E-state index contributed by atoms with van der Waals surface area (Å²) in [4.78, 5) is 34.2. The topological polar surface area (TPSA) is 122 Å². The molecule has 1 aliphatic carbocycles. The summed E-state index contributed by atoms with van der Waals surface area (Å²) in [6, 6.07) is 6.57. The standard InChI is InChI=1S/C15H19N3O4/c16-18-13(20)12(19)17-11-6-4-10(5-7-11)15(14(21)22)8-2-1-3-9-15/h4-7H,1-3,8-9,16H2,(H,17,19)(H,18,20)(H,21,22). The highest BCUT2D eigenvalue weighted by Crippen LogP contribution is 2.40. The van der Waals surface area contributed by atoms with Crippen molar-refractivity contribution in [1.82, 2.24) is 5.43 Å². The molecule has 7 heteroatoms. The molecule has 1 aliphatic rings. The summed E-state index contributed by atoms with van der Waals surface area (Å²) in [5.41, 5.74) is 2.02. The summed E-state index contributed by atoms with van der Waals surface area (Å²) < 4.78 is 0. The van der Waals surface area contributed by atoms with E-state index in [0.717, 1.165) is 24.8 Å². The van der Waals surface area contributed by atoms with Gasteiger partial charge in [-0.25, -0.2) is 5.84 Å². The predicted octanol–water partition coefficient (Wildman–Crippen LogP) is 0.901. The van der Waals surface area contributed by atoms with Gasteiger partial charge in [0.05, 0.1) is 5.41 Å². The predicted molar refractivity (Wildman–Crippen MR) is 79.8 cm³/mol. The molecule has 0 aromatic heterocycles. The Morgan fingerprint density at radius 2 is 1.59 bits per heavy atom. The number of aliphatic carboxylic acids is 1. The van der Waals surface area contributed by atoms with E-state index in [9.17, 15) is 19.5 Å². The SMILES string of the molecule is NNC(=O)C(=O)Nc1ccc(C2(C(=O)O)CCCCC2)cc1. The third-order valence-electron chi connectivity index (χ3n) is 4.15. The molecule has 0 bridgehead atoms. The summed E-state index contributed by atoms with van der Waals surface area (Å²) >= 11 is 0. The van der Waals surface area contributed by atoms with Crippen molar-refractivity contribution in [2.75, 3.05) is 5.32 Å². The minimum Gasteiger partial charge on any atom is -0.481 e. The number of carboxylic acids is 1. The zero-order valence-corrected chi connectivity index (χ0v) is 12.1. The first-order chi connectivity index (χ1) is 10.5. The van der Waals surface area contributed by atoms with E-state index in [0.29, 0.717) is 18.5 Å². The van der Waals surface area contributed by atoms with Gasteiger partial charge in [0.2, 0.25) is 0 Å². The van der Waals surface area contributed by atoms with Gasteiger partial charge in [-0.05, 0) is 30.5 Å². The second-order valence-electron chi connectivity index (χ2n) is 5.45. The maximum absolute atomic E-state index is 11.7. The molecule has 118 valence electrons. The molecule has 2 amide bonds. The molecule has 22 heavy (non-hydrogen) atoms. The van der Waals surface area contributed by atoms with Gasteiger partial charge in [-0.3, -0.25) is 19.8 Å². The van der Waals surface area contributed by atoms with Crippen LogP contribution < -0.4 is 16.6 Å². The molecule has 1 saturated carbocycles. The van der Waals surface area contributed by atoms with Crippen molar-refractivity contribution < 1.29 is 19.5 Å². The molecule has 5 N–H and O–H groups in total. The van der Waals surface area contributed by atoms with E-state index in [1.807, 2.05) is 0 Å². The highest BCUT2D eigenvalue weighted by atomic mass is 16.4. The Labute approximate surface area is 127 Å². The highest BCUT2D eigenvalue weighted by molar-refractivity contribution is 6.39. The number of carbonyl (C=O) groups is 3. The van der Waals surface area contributed by atoms with Gasteiger partial charge in [0.25, 0.3) is 0 Å². The van der Waals surface area contributed by atoms with E-state index in [1.54, 1.807) is 29.7 Å². The molecule has 1 fully saturated rings. The average Bonchev–Trinajstić information content (AvgIpc) is 2.55. The number of carbonyl (C=O) groups excluding carboxylic acids is 2. The van der Waals surface area contributed by atoms with Crippen LogP contribution in [0, 0.1) is 0 Å². The molecule has 0 heterocycles. The molecule has 1 aromatic rings. The Balaban J connectivity index is 2.18. The lowest BCUT2D eigenvalue weighted by Crippen LogP contribution is -2.39. The van der Waals surface area contributed by atoms with Gasteiger partial charge in [-0.2, -0.15) is 0 Å². The Hall–Kier alpha value is -2.41. The summed E-state index contributed by atoms with van der Waals surface area (Å²) in [6.07, 6.45) is 4.06. The van der Waals surface area contributed by atoms with Crippen molar-refractivity contribution in [2.24, 2.45) is 5.84 Å². The number of hydrogen-bond acceptors (Lipinski definition) is 4. The number of nitrogens with one attached hydrogen (secondary N) is 2. The van der Waals surface area contributed by atoms with E-state index in [1.165, 1.54) is 0 Å². The average molecular weight is 305 g/mol. The number of carboxylic acid groups (broad SMARTS) is 1. The second kappa shape index (κ2) is 6.57. The van der Waals surface area contributed by atoms with Crippen LogP contribution in [-0.4, -0.2) is 22.9 Å².